The van der Waals surface area contributed by atoms with Crippen LogP contribution in [0.4, 0.5) is 5.82 Å². The third-order valence-corrected chi connectivity index (χ3v) is 2.41. The van der Waals surface area contributed by atoms with Crippen LogP contribution in [0.5, 0.6) is 0 Å². The molecule has 0 saturated heterocycles. The minimum Gasteiger partial charge on any atom is -0.253 e. The lowest BCUT2D eigenvalue weighted by Crippen LogP contribution is -2.35. The van der Waals surface area contributed by atoms with Gasteiger partial charge in [0.1, 0.15) is 10.3 Å². The number of allylic oxidation sites excluding steroid dienone is 1. The van der Waals surface area contributed by atoms with Crippen molar-refractivity contribution in [1.82, 2.24) is 0 Å². The van der Waals surface area contributed by atoms with Crippen LogP contribution in [0.15, 0.2) is 49.2 Å². The normalized spacial score (nSPS) is 10.2. The van der Waals surface area contributed by atoms with Gasteiger partial charge in [-0.2, -0.15) is 0 Å². The summed E-state index contributed by atoms with van der Waals surface area (Å²) in [6, 6.07) is 9.15. The molecule has 16 heavy (non-hydrogen) atoms. The van der Waals surface area contributed by atoms with Gasteiger partial charge in [0.15, 0.2) is 12.7 Å². The SMILES string of the molecule is C=CC[n+]1ccc2ccccc2c1[N+](=O)[O-]. The van der Waals surface area contributed by atoms with Crippen LogP contribution >= 0.6 is 0 Å². The molecule has 1 aromatic carbocycles. The Hall–Kier alpha value is -2.23. The molecule has 4 nitrogen and oxygen atoms in total. The zero-order valence-corrected chi connectivity index (χ0v) is 8.67. The van der Waals surface area contributed by atoms with Gasteiger partial charge in [-0.3, -0.25) is 10.1 Å². The van der Waals surface area contributed by atoms with E-state index >= 15 is 0 Å². The van der Waals surface area contributed by atoms with Gasteiger partial charge in [-0.25, -0.2) is 0 Å². The fraction of sp³-hybridized carbons (Fsp3) is 0.0833. The van der Waals surface area contributed by atoms with Gasteiger partial charge in [0.05, 0.1) is 0 Å². The van der Waals surface area contributed by atoms with Crippen LogP contribution in [0.25, 0.3) is 10.8 Å². The second-order valence-electron chi connectivity index (χ2n) is 3.42. The third-order valence-electron chi connectivity index (χ3n) is 2.41. The zero-order valence-electron chi connectivity index (χ0n) is 8.67. The van der Waals surface area contributed by atoms with E-state index in [-0.39, 0.29) is 10.7 Å². The van der Waals surface area contributed by atoms with Gasteiger partial charge >= 0.3 is 5.82 Å². The Balaban J connectivity index is 2.78. The lowest BCUT2D eigenvalue weighted by molar-refractivity contribution is -0.726. The first-order valence-electron chi connectivity index (χ1n) is 4.90. The van der Waals surface area contributed by atoms with E-state index in [0.717, 1.165) is 5.39 Å². The van der Waals surface area contributed by atoms with E-state index in [1.807, 2.05) is 18.2 Å². The maximum Gasteiger partial charge on any atom is 0.509 e. The lowest BCUT2D eigenvalue weighted by Gasteiger charge is -1.98. The summed E-state index contributed by atoms with van der Waals surface area (Å²) in [5.41, 5.74) is 0. The summed E-state index contributed by atoms with van der Waals surface area (Å²) in [5.74, 6) is 0.109. The van der Waals surface area contributed by atoms with Crippen LogP contribution in [0.1, 0.15) is 0 Å². The van der Waals surface area contributed by atoms with E-state index in [4.69, 9.17) is 0 Å². The number of hydrogen-bond donors (Lipinski definition) is 0. The fourth-order valence-electron chi connectivity index (χ4n) is 1.73. The highest BCUT2D eigenvalue weighted by Gasteiger charge is 2.25. The van der Waals surface area contributed by atoms with Crippen molar-refractivity contribution in [3.05, 3.63) is 59.3 Å². The third kappa shape index (κ3) is 1.65. The first-order chi connectivity index (χ1) is 7.74. The zero-order chi connectivity index (χ0) is 11.5. The minimum absolute atomic E-state index is 0.109. The van der Waals surface area contributed by atoms with Crippen molar-refractivity contribution in [2.45, 2.75) is 6.54 Å². The molecule has 0 bridgehead atoms. The van der Waals surface area contributed by atoms with Gasteiger partial charge in [0, 0.05) is 11.5 Å². The maximum absolute atomic E-state index is 11.1. The summed E-state index contributed by atoms with van der Waals surface area (Å²) in [7, 11) is 0. The first-order valence-corrected chi connectivity index (χ1v) is 4.90. The highest BCUT2D eigenvalue weighted by molar-refractivity contribution is 5.87. The highest BCUT2D eigenvalue weighted by atomic mass is 16.6. The predicted octanol–water partition coefficient (Wildman–Crippen LogP) is 2.22. The van der Waals surface area contributed by atoms with Gasteiger partial charge in [-0.15, -0.1) is 4.57 Å². The Morgan fingerprint density at radius 1 is 1.38 bits per heavy atom. The van der Waals surface area contributed by atoms with E-state index in [1.54, 1.807) is 29.0 Å². The molecule has 0 saturated carbocycles. The van der Waals surface area contributed by atoms with Gasteiger partial charge in [-0.05, 0) is 12.1 Å². The second kappa shape index (κ2) is 4.10. The summed E-state index contributed by atoms with van der Waals surface area (Å²) in [6.45, 7) is 4.02. The monoisotopic (exact) mass is 215 g/mol. The van der Waals surface area contributed by atoms with Crippen LogP contribution in [0.3, 0.4) is 0 Å². The van der Waals surface area contributed by atoms with Gasteiger partial charge in [0.2, 0.25) is 0 Å². The predicted molar refractivity (Wildman–Crippen MR) is 61.0 cm³/mol. The van der Waals surface area contributed by atoms with E-state index in [1.165, 1.54) is 0 Å². The smallest absolute Gasteiger partial charge is 0.253 e. The summed E-state index contributed by atoms with van der Waals surface area (Å²) in [5, 5.41) is 12.6. The second-order valence-corrected chi connectivity index (χ2v) is 3.42. The lowest BCUT2D eigenvalue weighted by atomic mass is 10.1. The highest BCUT2D eigenvalue weighted by Crippen LogP contribution is 2.20. The van der Waals surface area contributed by atoms with Crippen molar-refractivity contribution in [2.24, 2.45) is 0 Å². The molecular formula is C12H11N2O2+. The Morgan fingerprint density at radius 3 is 2.81 bits per heavy atom. The summed E-state index contributed by atoms with van der Waals surface area (Å²) in [6.07, 6.45) is 3.35. The van der Waals surface area contributed by atoms with Gasteiger partial charge in [0.25, 0.3) is 0 Å². The van der Waals surface area contributed by atoms with Crippen LogP contribution in [0, 0.1) is 10.1 Å². The molecule has 0 aliphatic heterocycles. The molecule has 0 atom stereocenters. The number of pyridine rings is 1. The van der Waals surface area contributed by atoms with Gasteiger partial charge in [-0.1, -0.05) is 24.8 Å². The average Bonchev–Trinajstić information content (AvgIpc) is 2.28. The van der Waals surface area contributed by atoms with Gasteiger partial charge < -0.3 is 0 Å². The molecule has 0 fully saturated rings. The van der Waals surface area contributed by atoms with E-state index < -0.39 is 0 Å². The molecule has 4 heteroatoms. The van der Waals surface area contributed by atoms with Crippen LogP contribution < -0.4 is 4.57 Å². The molecule has 0 radical (unpaired) electrons. The Morgan fingerprint density at radius 2 is 2.12 bits per heavy atom. The summed E-state index contributed by atoms with van der Waals surface area (Å²) < 4.78 is 1.58. The molecule has 1 aromatic heterocycles. The number of hydrogen-bond acceptors (Lipinski definition) is 2. The number of rotatable bonds is 3. The van der Waals surface area contributed by atoms with Crippen molar-refractivity contribution in [1.29, 1.82) is 0 Å². The molecule has 0 aliphatic rings. The van der Waals surface area contributed by atoms with E-state index in [9.17, 15) is 10.1 Å². The number of nitro groups is 1. The fourth-order valence-corrected chi connectivity index (χ4v) is 1.73. The molecule has 1 heterocycles. The van der Waals surface area contributed by atoms with Crippen molar-refractivity contribution >= 4 is 16.6 Å². The van der Waals surface area contributed by atoms with Crippen LogP contribution in [-0.4, -0.2) is 4.92 Å². The minimum atomic E-state index is -0.355. The molecule has 2 aromatic rings. The largest absolute Gasteiger partial charge is 0.509 e. The molecular weight excluding hydrogens is 204 g/mol. The van der Waals surface area contributed by atoms with Crippen molar-refractivity contribution in [3.8, 4) is 0 Å². The molecule has 0 aliphatic carbocycles. The van der Waals surface area contributed by atoms with Crippen LogP contribution in [0.2, 0.25) is 0 Å². The standard InChI is InChI=1S/C12H11N2O2/c1-2-8-13-9-7-10-5-3-4-6-11(10)12(13)14(15)16/h2-7,9H,1,8H2/q+1. The van der Waals surface area contributed by atoms with Crippen molar-refractivity contribution in [2.75, 3.05) is 0 Å². The Kier molecular flexibility index (Phi) is 2.64. The van der Waals surface area contributed by atoms with Crippen LogP contribution in [-0.2, 0) is 6.54 Å². The number of nitrogens with zero attached hydrogens (tertiary/aromatic N) is 2. The number of aromatic nitrogens is 1. The molecule has 80 valence electrons. The number of fused-ring (bicyclic) bond motifs is 1. The number of benzene rings is 1. The summed E-state index contributed by atoms with van der Waals surface area (Å²) in [4.78, 5) is 10.7. The van der Waals surface area contributed by atoms with Crippen molar-refractivity contribution < 1.29 is 9.49 Å². The first kappa shape index (κ1) is 10.3. The Labute approximate surface area is 92.6 Å². The Bertz CT molecular complexity index is 564. The molecule has 2 rings (SSSR count). The molecule has 0 unspecified atom stereocenters. The van der Waals surface area contributed by atoms with E-state index in [2.05, 4.69) is 6.58 Å². The quantitative estimate of drug-likeness (QED) is 0.341. The average molecular weight is 215 g/mol. The molecule has 0 N–H and O–H groups in total. The summed E-state index contributed by atoms with van der Waals surface area (Å²) >= 11 is 0. The molecule has 0 amide bonds. The topological polar surface area (TPSA) is 47.0 Å². The van der Waals surface area contributed by atoms with E-state index in [0.29, 0.717) is 11.9 Å². The maximum atomic E-state index is 11.1. The van der Waals surface area contributed by atoms with Crippen molar-refractivity contribution in [3.63, 3.8) is 0 Å². The molecule has 0 spiro atoms.